The number of aliphatic hydroxyl groups is 1. The lowest BCUT2D eigenvalue weighted by molar-refractivity contribution is -0.141. The van der Waals surface area contributed by atoms with Gasteiger partial charge in [0.05, 0.1) is 18.0 Å². The molecule has 2 aliphatic rings. The number of halogens is 4. The Morgan fingerprint density at radius 3 is 2.59 bits per heavy atom. The molecule has 2 atom stereocenters. The fourth-order valence-electron chi connectivity index (χ4n) is 4.94. The molecule has 0 spiro atoms. The molecule has 1 aliphatic heterocycles. The molecule has 5 rings (SSSR count). The number of pyridine rings is 1. The first-order valence-electron chi connectivity index (χ1n) is 12.1. The topological polar surface area (TPSA) is 113 Å². The minimum absolute atomic E-state index is 0.0763. The Bertz CT molecular complexity index is 1280. The van der Waals surface area contributed by atoms with E-state index < -0.39 is 29.7 Å². The van der Waals surface area contributed by atoms with E-state index in [9.17, 15) is 23.1 Å². The first kappa shape index (κ1) is 25.3. The monoisotopic (exact) mass is 521 g/mol. The number of aliphatic hydroxyl groups excluding tert-OH is 1. The number of amides is 1. The van der Waals surface area contributed by atoms with Crippen LogP contribution in [0.5, 0.6) is 0 Å². The summed E-state index contributed by atoms with van der Waals surface area (Å²) < 4.78 is 55.7. The molecule has 3 aromatic heterocycles. The zero-order valence-corrected chi connectivity index (χ0v) is 19.9. The van der Waals surface area contributed by atoms with Crippen LogP contribution >= 0.6 is 0 Å². The fraction of sp³-hybridized carbons (Fsp3) is 0.500. The molecular formula is C24H27F4N7O2. The molecule has 3 aromatic rings. The van der Waals surface area contributed by atoms with E-state index in [-0.39, 0.29) is 30.4 Å². The van der Waals surface area contributed by atoms with Crippen LogP contribution in [-0.4, -0.2) is 67.2 Å². The molecule has 3 N–H and O–H groups in total. The van der Waals surface area contributed by atoms with Crippen LogP contribution in [0, 0.1) is 11.7 Å². The zero-order valence-electron chi connectivity index (χ0n) is 19.9. The second kappa shape index (κ2) is 9.86. The van der Waals surface area contributed by atoms with Crippen LogP contribution in [0.1, 0.15) is 30.5 Å². The van der Waals surface area contributed by atoms with Gasteiger partial charge in [-0.2, -0.15) is 13.2 Å². The van der Waals surface area contributed by atoms with Gasteiger partial charge in [0.1, 0.15) is 23.5 Å². The SMILES string of the molecule is NC(=O)CN1CCC(Cn2cc(F)c3c(N(Cc4ccc(C(F)(F)F)nc4)C4CC4)ncnc32)[C@@H](O)C1. The van der Waals surface area contributed by atoms with E-state index in [1.165, 1.54) is 24.8 Å². The molecular weight excluding hydrogens is 494 g/mol. The number of likely N-dealkylation sites (tertiary alicyclic amines) is 1. The third-order valence-electron chi connectivity index (χ3n) is 6.93. The van der Waals surface area contributed by atoms with Crippen molar-refractivity contribution in [2.45, 2.75) is 50.7 Å². The summed E-state index contributed by atoms with van der Waals surface area (Å²) >= 11 is 0. The van der Waals surface area contributed by atoms with E-state index in [0.717, 1.165) is 18.9 Å². The standard InChI is InChI=1S/C24H27F4N7O2/c25-17-10-34(9-15-5-6-33(11-18(15)36)12-20(29)37)22-21(17)23(32-13-31-22)35(16-2-3-16)8-14-1-4-19(30-7-14)24(26,27)28/h1,4,7,10,13,15-16,18,36H,2-3,5-6,8-9,11-12H2,(H2,29,37)/t15?,18-/m0/s1. The number of primary amides is 1. The quantitative estimate of drug-likeness (QED) is 0.438. The summed E-state index contributed by atoms with van der Waals surface area (Å²) in [6.45, 7) is 1.51. The molecule has 1 aliphatic carbocycles. The Labute approximate surface area is 209 Å². The lowest BCUT2D eigenvalue weighted by atomic mass is 9.93. The van der Waals surface area contributed by atoms with Crippen LogP contribution in [0.15, 0.2) is 30.9 Å². The van der Waals surface area contributed by atoms with Crippen molar-refractivity contribution in [1.29, 1.82) is 0 Å². The summed E-state index contributed by atoms with van der Waals surface area (Å²) in [5.41, 5.74) is 5.22. The van der Waals surface area contributed by atoms with Crippen molar-refractivity contribution in [2.24, 2.45) is 11.7 Å². The Hall–Kier alpha value is -3.32. The van der Waals surface area contributed by atoms with Crippen LogP contribution in [0.4, 0.5) is 23.4 Å². The second-order valence-corrected chi connectivity index (χ2v) is 9.75. The normalized spacial score (nSPS) is 20.9. The molecule has 1 saturated carbocycles. The lowest BCUT2D eigenvalue weighted by Gasteiger charge is -2.35. The number of fused-ring (bicyclic) bond motifs is 1. The maximum atomic E-state index is 15.3. The Morgan fingerprint density at radius 2 is 1.97 bits per heavy atom. The van der Waals surface area contributed by atoms with Gasteiger partial charge in [-0.1, -0.05) is 6.07 Å². The number of carbonyl (C=O) groups is 1. The first-order chi connectivity index (χ1) is 17.6. The van der Waals surface area contributed by atoms with Gasteiger partial charge in [-0.15, -0.1) is 0 Å². The molecule has 0 bridgehead atoms. The number of hydrogen-bond acceptors (Lipinski definition) is 7. The number of β-amino-alcohol motifs (C(OH)–C–C–N with tert-alkyl or cyclic N) is 1. The highest BCUT2D eigenvalue weighted by molar-refractivity contribution is 5.89. The Balaban J connectivity index is 1.38. The number of nitrogens with two attached hydrogens (primary N) is 1. The molecule has 2 fully saturated rings. The van der Waals surface area contributed by atoms with Crippen LogP contribution in [0.25, 0.3) is 11.0 Å². The van der Waals surface area contributed by atoms with Gasteiger partial charge < -0.3 is 20.3 Å². The Morgan fingerprint density at radius 1 is 1.19 bits per heavy atom. The molecule has 1 unspecified atom stereocenters. The summed E-state index contributed by atoms with van der Waals surface area (Å²) in [4.78, 5) is 27.1. The van der Waals surface area contributed by atoms with E-state index >= 15 is 4.39 Å². The molecule has 0 radical (unpaired) electrons. The molecule has 1 saturated heterocycles. The molecule has 9 nitrogen and oxygen atoms in total. The van der Waals surface area contributed by atoms with Gasteiger partial charge in [0.15, 0.2) is 5.82 Å². The van der Waals surface area contributed by atoms with Gasteiger partial charge in [0.2, 0.25) is 5.91 Å². The van der Waals surface area contributed by atoms with E-state index in [1.54, 1.807) is 9.47 Å². The van der Waals surface area contributed by atoms with Crippen LogP contribution < -0.4 is 10.6 Å². The number of aromatic nitrogens is 4. The number of anilines is 1. The highest BCUT2D eigenvalue weighted by atomic mass is 19.4. The highest BCUT2D eigenvalue weighted by Gasteiger charge is 2.35. The number of rotatable bonds is 8. The summed E-state index contributed by atoms with van der Waals surface area (Å²) in [6.07, 6.45) is 0.954. The van der Waals surface area contributed by atoms with E-state index in [4.69, 9.17) is 5.73 Å². The smallest absolute Gasteiger partial charge is 0.391 e. The number of hydrogen-bond donors (Lipinski definition) is 2. The zero-order chi connectivity index (χ0) is 26.3. The van der Waals surface area contributed by atoms with Gasteiger partial charge in [-0.3, -0.25) is 14.7 Å². The van der Waals surface area contributed by atoms with Gasteiger partial charge in [-0.25, -0.2) is 14.4 Å². The molecule has 0 aromatic carbocycles. The van der Waals surface area contributed by atoms with Crippen LogP contribution in [0.2, 0.25) is 0 Å². The largest absolute Gasteiger partial charge is 0.433 e. The average molecular weight is 522 g/mol. The summed E-state index contributed by atoms with van der Waals surface area (Å²) in [5, 5.41) is 10.9. The summed E-state index contributed by atoms with van der Waals surface area (Å²) in [7, 11) is 0. The van der Waals surface area contributed by atoms with Crippen molar-refractivity contribution < 1.29 is 27.5 Å². The maximum Gasteiger partial charge on any atom is 0.433 e. The molecule has 4 heterocycles. The van der Waals surface area contributed by atoms with Gasteiger partial charge in [-0.05, 0) is 37.4 Å². The van der Waals surface area contributed by atoms with E-state index in [2.05, 4.69) is 15.0 Å². The minimum Gasteiger partial charge on any atom is -0.391 e. The third kappa shape index (κ3) is 5.52. The van der Waals surface area contributed by atoms with Crippen molar-refractivity contribution in [2.75, 3.05) is 24.5 Å². The van der Waals surface area contributed by atoms with Crippen LogP contribution in [0.3, 0.4) is 0 Å². The second-order valence-electron chi connectivity index (χ2n) is 9.75. The molecule has 37 heavy (non-hydrogen) atoms. The molecule has 13 heteroatoms. The molecule has 198 valence electrons. The van der Waals surface area contributed by atoms with Crippen molar-refractivity contribution in [3.63, 3.8) is 0 Å². The fourth-order valence-corrected chi connectivity index (χ4v) is 4.94. The molecule has 1 amide bonds. The van der Waals surface area contributed by atoms with E-state index in [1.807, 2.05) is 4.90 Å². The van der Waals surface area contributed by atoms with E-state index in [0.29, 0.717) is 43.1 Å². The van der Waals surface area contributed by atoms with Crippen molar-refractivity contribution in [3.05, 3.63) is 47.9 Å². The van der Waals surface area contributed by atoms with Crippen molar-refractivity contribution >= 4 is 22.8 Å². The van der Waals surface area contributed by atoms with Gasteiger partial charge in [0, 0.05) is 44.0 Å². The number of carbonyl (C=O) groups excluding carboxylic acids is 1. The van der Waals surface area contributed by atoms with Crippen molar-refractivity contribution in [3.8, 4) is 0 Å². The summed E-state index contributed by atoms with van der Waals surface area (Å²) in [5.74, 6) is -0.765. The highest BCUT2D eigenvalue weighted by Crippen LogP contribution is 2.37. The predicted molar refractivity (Wildman–Crippen MR) is 126 cm³/mol. The number of piperidine rings is 1. The third-order valence-corrected chi connectivity index (χ3v) is 6.93. The summed E-state index contributed by atoms with van der Waals surface area (Å²) in [6, 6.07) is 2.39. The number of nitrogens with zero attached hydrogens (tertiary/aromatic N) is 6. The predicted octanol–water partition coefficient (Wildman–Crippen LogP) is 2.32. The first-order valence-corrected chi connectivity index (χ1v) is 12.1. The minimum atomic E-state index is -4.52. The van der Waals surface area contributed by atoms with Crippen LogP contribution in [-0.2, 0) is 24.1 Å². The maximum absolute atomic E-state index is 15.3. The lowest BCUT2D eigenvalue weighted by Crippen LogP contribution is -2.47. The van der Waals surface area contributed by atoms with Crippen molar-refractivity contribution in [1.82, 2.24) is 24.4 Å². The number of alkyl halides is 3. The Kier molecular flexibility index (Phi) is 6.75. The van der Waals surface area contributed by atoms with Gasteiger partial charge >= 0.3 is 6.18 Å². The van der Waals surface area contributed by atoms with Gasteiger partial charge in [0.25, 0.3) is 0 Å². The average Bonchev–Trinajstić information content (AvgIpc) is 3.63.